The van der Waals surface area contributed by atoms with Crippen LogP contribution in [0.2, 0.25) is 0 Å². The molecule has 0 saturated carbocycles. The van der Waals surface area contributed by atoms with Crippen LogP contribution in [0.4, 0.5) is 0 Å². The third kappa shape index (κ3) is 6.13. The van der Waals surface area contributed by atoms with Gasteiger partial charge in [0.1, 0.15) is 6.04 Å². The summed E-state index contributed by atoms with van der Waals surface area (Å²) in [4.78, 5) is 46.4. The van der Waals surface area contributed by atoms with Gasteiger partial charge in [-0.25, -0.2) is 4.79 Å². The van der Waals surface area contributed by atoms with Gasteiger partial charge in [-0.15, -0.1) is 0 Å². The number of carbonyl (C=O) groups excluding carboxylic acids is 3. The molecule has 0 spiro atoms. The summed E-state index contributed by atoms with van der Waals surface area (Å²) in [6, 6.07) is -3.07. The van der Waals surface area contributed by atoms with Crippen molar-refractivity contribution in [1.29, 1.82) is 0 Å². The quantitative estimate of drug-likeness (QED) is 0.267. The second kappa shape index (κ2) is 9.18. The number of hydrogen-bond acceptors (Lipinski definition) is 6. The number of aliphatic hydroxyl groups excluding tert-OH is 1. The Morgan fingerprint density at radius 1 is 1.29 bits per heavy atom. The molecule has 0 unspecified atom stereocenters. The number of nitrogens with one attached hydrogen (secondary N) is 3. The van der Waals surface area contributed by atoms with E-state index in [0.29, 0.717) is 13.0 Å². The SMILES string of the molecule is C[C@@H](O)[C@H](NC(=O)[C@H](CCC(N)=O)NC(=O)[C@@H]1CCCN1)C(=O)O. The lowest BCUT2D eigenvalue weighted by atomic mass is 10.1. The smallest absolute Gasteiger partial charge is 0.328 e. The van der Waals surface area contributed by atoms with E-state index in [1.165, 1.54) is 6.92 Å². The van der Waals surface area contributed by atoms with Gasteiger partial charge in [-0.1, -0.05) is 0 Å². The second-order valence-corrected chi connectivity index (χ2v) is 5.78. The molecular formula is C14H24N4O6. The van der Waals surface area contributed by atoms with Crippen LogP contribution in [0.25, 0.3) is 0 Å². The first kappa shape index (κ1) is 19.8. The summed E-state index contributed by atoms with van der Waals surface area (Å²) >= 11 is 0. The zero-order valence-electron chi connectivity index (χ0n) is 13.4. The van der Waals surface area contributed by atoms with Gasteiger partial charge >= 0.3 is 5.97 Å². The lowest BCUT2D eigenvalue weighted by Crippen LogP contribution is -2.56. The number of primary amides is 1. The lowest BCUT2D eigenvalue weighted by Gasteiger charge is -2.23. The molecule has 1 aliphatic rings. The summed E-state index contributed by atoms with van der Waals surface area (Å²) in [7, 11) is 0. The van der Waals surface area contributed by atoms with Crippen molar-refractivity contribution >= 4 is 23.7 Å². The maximum atomic E-state index is 12.3. The van der Waals surface area contributed by atoms with E-state index in [-0.39, 0.29) is 12.8 Å². The average molecular weight is 344 g/mol. The predicted octanol–water partition coefficient (Wildman–Crippen LogP) is -2.56. The Balaban J connectivity index is 2.75. The molecule has 0 radical (unpaired) electrons. The number of carboxylic acids is 1. The normalized spacial score (nSPS) is 20.7. The van der Waals surface area contributed by atoms with Crippen molar-refractivity contribution < 1.29 is 29.4 Å². The van der Waals surface area contributed by atoms with Gasteiger partial charge < -0.3 is 31.9 Å². The number of carbonyl (C=O) groups is 4. The minimum Gasteiger partial charge on any atom is -0.480 e. The number of carboxylic acid groups (broad SMARTS) is 1. The van der Waals surface area contributed by atoms with Crippen molar-refractivity contribution in [2.75, 3.05) is 6.54 Å². The highest BCUT2D eigenvalue weighted by Crippen LogP contribution is 2.07. The number of amides is 3. The minimum absolute atomic E-state index is 0.0637. The first-order chi connectivity index (χ1) is 11.2. The van der Waals surface area contributed by atoms with E-state index in [2.05, 4.69) is 16.0 Å². The summed E-state index contributed by atoms with van der Waals surface area (Å²) < 4.78 is 0. The number of rotatable bonds is 9. The Labute approximate surface area is 139 Å². The number of hydrogen-bond donors (Lipinski definition) is 6. The highest BCUT2D eigenvalue weighted by molar-refractivity contribution is 5.92. The van der Waals surface area contributed by atoms with Crippen LogP contribution in [0, 0.1) is 0 Å². The first-order valence-corrected chi connectivity index (χ1v) is 7.75. The maximum Gasteiger partial charge on any atom is 0.328 e. The Hall–Kier alpha value is -2.20. The Kier molecular flexibility index (Phi) is 7.59. The van der Waals surface area contributed by atoms with Crippen LogP contribution < -0.4 is 21.7 Å². The van der Waals surface area contributed by atoms with Crippen molar-refractivity contribution in [3.8, 4) is 0 Å². The fourth-order valence-electron chi connectivity index (χ4n) is 2.38. The van der Waals surface area contributed by atoms with Crippen molar-refractivity contribution in [1.82, 2.24) is 16.0 Å². The molecule has 0 bridgehead atoms. The van der Waals surface area contributed by atoms with Crippen molar-refractivity contribution in [3.05, 3.63) is 0 Å². The highest BCUT2D eigenvalue weighted by Gasteiger charge is 2.31. The Morgan fingerprint density at radius 3 is 2.42 bits per heavy atom. The molecule has 24 heavy (non-hydrogen) atoms. The van der Waals surface area contributed by atoms with Crippen LogP contribution in [0.5, 0.6) is 0 Å². The van der Waals surface area contributed by atoms with Gasteiger partial charge in [-0.2, -0.15) is 0 Å². The molecule has 136 valence electrons. The summed E-state index contributed by atoms with van der Waals surface area (Å²) in [5, 5.41) is 26.1. The molecule has 0 aromatic carbocycles. The maximum absolute atomic E-state index is 12.3. The summed E-state index contributed by atoms with van der Waals surface area (Å²) in [6.45, 7) is 1.91. The van der Waals surface area contributed by atoms with Crippen molar-refractivity contribution in [3.63, 3.8) is 0 Å². The van der Waals surface area contributed by atoms with Gasteiger partial charge in [0, 0.05) is 6.42 Å². The molecule has 1 aliphatic heterocycles. The van der Waals surface area contributed by atoms with Gasteiger partial charge in [0.25, 0.3) is 0 Å². The van der Waals surface area contributed by atoms with Crippen molar-refractivity contribution in [2.24, 2.45) is 5.73 Å². The largest absolute Gasteiger partial charge is 0.480 e. The standard InChI is InChI=1S/C14H24N4O6/c1-7(19)11(14(23)24)18-13(22)9(4-5-10(15)20)17-12(21)8-3-2-6-16-8/h7-9,11,16,19H,2-6H2,1H3,(H2,15,20)(H,17,21)(H,18,22)(H,23,24)/t7-,8+,9+,11+/m1/s1. The van der Waals surface area contributed by atoms with Gasteiger partial charge in [0.15, 0.2) is 6.04 Å². The van der Waals surface area contributed by atoms with E-state index in [1.54, 1.807) is 0 Å². The molecule has 1 saturated heterocycles. The number of aliphatic carboxylic acids is 1. The van der Waals surface area contributed by atoms with Gasteiger partial charge in [0.05, 0.1) is 12.1 Å². The fraction of sp³-hybridized carbons (Fsp3) is 0.714. The molecule has 10 nitrogen and oxygen atoms in total. The second-order valence-electron chi connectivity index (χ2n) is 5.78. The molecule has 7 N–H and O–H groups in total. The predicted molar refractivity (Wildman–Crippen MR) is 82.6 cm³/mol. The monoisotopic (exact) mass is 344 g/mol. The number of nitrogens with two attached hydrogens (primary N) is 1. The fourth-order valence-corrected chi connectivity index (χ4v) is 2.38. The highest BCUT2D eigenvalue weighted by atomic mass is 16.4. The van der Waals surface area contributed by atoms with E-state index >= 15 is 0 Å². The zero-order valence-corrected chi connectivity index (χ0v) is 13.4. The third-order valence-electron chi connectivity index (χ3n) is 3.74. The molecule has 0 aliphatic carbocycles. The molecule has 0 aromatic heterocycles. The van der Waals surface area contributed by atoms with E-state index in [4.69, 9.17) is 10.8 Å². The van der Waals surface area contributed by atoms with Crippen LogP contribution in [-0.2, 0) is 19.2 Å². The first-order valence-electron chi connectivity index (χ1n) is 7.75. The van der Waals surface area contributed by atoms with Crippen LogP contribution in [0.15, 0.2) is 0 Å². The molecule has 1 rings (SSSR count). The molecule has 10 heteroatoms. The molecular weight excluding hydrogens is 320 g/mol. The average Bonchev–Trinajstić information content (AvgIpc) is 3.01. The van der Waals surface area contributed by atoms with Gasteiger partial charge in [0.2, 0.25) is 17.7 Å². The summed E-state index contributed by atoms with van der Waals surface area (Å²) in [6.07, 6.45) is -0.0782. The van der Waals surface area contributed by atoms with E-state index in [1.807, 2.05) is 0 Å². The van der Waals surface area contributed by atoms with Crippen molar-refractivity contribution in [2.45, 2.75) is 56.8 Å². The third-order valence-corrected chi connectivity index (χ3v) is 3.74. The lowest BCUT2D eigenvalue weighted by molar-refractivity contribution is -0.145. The minimum atomic E-state index is -1.52. The Bertz CT molecular complexity index is 490. The summed E-state index contributed by atoms with van der Waals surface area (Å²) in [5.74, 6) is -3.25. The topological polar surface area (TPSA) is 171 Å². The van der Waals surface area contributed by atoms with Crippen LogP contribution in [-0.4, -0.2) is 64.7 Å². The Morgan fingerprint density at radius 2 is 1.96 bits per heavy atom. The molecule has 0 aromatic rings. The molecule has 4 atom stereocenters. The van der Waals surface area contributed by atoms with E-state index in [9.17, 15) is 24.3 Å². The molecule has 1 heterocycles. The number of aliphatic hydroxyl groups is 1. The summed E-state index contributed by atoms with van der Waals surface area (Å²) in [5.41, 5.74) is 5.06. The van der Waals surface area contributed by atoms with Crippen LogP contribution in [0.3, 0.4) is 0 Å². The van der Waals surface area contributed by atoms with Crippen LogP contribution in [0.1, 0.15) is 32.6 Å². The van der Waals surface area contributed by atoms with E-state index in [0.717, 1.165) is 6.42 Å². The van der Waals surface area contributed by atoms with E-state index < -0.39 is 47.9 Å². The molecule has 1 fully saturated rings. The van der Waals surface area contributed by atoms with Gasteiger partial charge in [-0.05, 0) is 32.7 Å². The van der Waals surface area contributed by atoms with Gasteiger partial charge in [-0.3, -0.25) is 14.4 Å². The molecule has 3 amide bonds. The van der Waals surface area contributed by atoms with Crippen LogP contribution >= 0.6 is 0 Å². The zero-order chi connectivity index (χ0) is 18.3.